The lowest BCUT2D eigenvalue weighted by Crippen LogP contribution is -2.36. The molecular formula is C12H17ClN2O2S. The van der Waals surface area contributed by atoms with Crippen molar-refractivity contribution < 1.29 is 9.00 Å². The van der Waals surface area contributed by atoms with Crippen LogP contribution in [-0.4, -0.2) is 33.9 Å². The van der Waals surface area contributed by atoms with E-state index in [9.17, 15) is 9.00 Å². The number of nitrogens with zero attached hydrogens (tertiary/aromatic N) is 1. The Labute approximate surface area is 115 Å². The van der Waals surface area contributed by atoms with Crippen molar-refractivity contribution in [2.24, 2.45) is 0 Å². The quantitative estimate of drug-likeness (QED) is 0.861. The molecule has 1 amide bonds. The molecule has 0 bridgehead atoms. The van der Waals surface area contributed by atoms with Gasteiger partial charge in [-0.05, 0) is 32.0 Å². The van der Waals surface area contributed by atoms with Gasteiger partial charge < -0.3 is 10.6 Å². The second-order valence-corrected chi connectivity index (χ2v) is 6.13. The fourth-order valence-corrected chi connectivity index (χ4v) is 2.69. The first kappa shape index (κ1) is 15.0. The van der Waals surface area contributed by atoms with E-state index in [0.29, 0.717) is 15.6 Å². The van der Waals surface area contributed by atoms with Crippen LogP contribution in [0.15, 0.2) is 23.1 Å². The summed E-state index contributed by atoms with van der Waals surface area (Å²) >= 11 is 5.83. The summed E-state index contributed by atoms with van der Waals surface area (Å²) in [6.07, 6.45) is 0. The van der Waals surface area contributed by atoms with Crippen molar-refractivity contribution in [3.8, 4) is 0 Å². The number of carbonyl (C=O) groups excluding carboxylic acids is 1. The number of rotatable bonds is 4. The number of anilines is 1. The van der Waals surface area contributed by atoms with Crippen LogP contribution >= 0.6 is 11.6 Å². The Morgan fingerprint density at radius 1 is 1.50 bits per heavy atom. The van der Waals surface area contributed by atoms with Crippen molar-refractivity contribution in [3.05, 3.63) is 23.2 Å². The maximum absolute atomic E-state index is 12.1. The van der Waals surface area contributed by atoms with Gasteiger partial charge in [0.25, 0.3) is 0 Å². The molecule has 0 aliphatic heterocycles. The number of hydrogen-bond donors (Lipinski definition) is 1. The van der Waals surface area contributed by atoms with Crippen LogP contribution in [0.3, 0.4) is 0 Å². The van der Waals surface area contributed by atoms with Gasteiger partial charge >= 0.3 is 0 Å². The molecule has 4 nitrogen and oxygen atoms in total. The van der Waals surface area contributed by atoms with Crippen LogP contribution in [-0.2, 0) is 15.6 Å². The molecular weight excluding hydrogens is 272 g/mol. The van der Waals surface area contributed by atoms with Gasteiger partial charge in [-0.3, -0.25) is 9.00 Å². The van der Waals surface area contributed by atoms with Gasteiger partial charge in [0.15, 0.2) is 0 Å². The molecule has 1 aromatic rings. The van der Waals surface area contributed by atoms with E-state index in [1.807, 2.05) is 13.8 Å². The Kier molecular flexibility index (Phi) is 5.16. The molecule has 0 spiro atoms. The largest absolute Gasteiger partial charge is 0.398 e. The minimum absolute atomic E-state index is 0.0752. The standard InChI is InChI=1S/C12H17ClN2O2S/c1-8(2)15(3)12(16)7-18(17)11-6-9(13)4-5-10(11)14/h4-6,8H,7,14H2,1-3H3. The molecule has 0 radical (unpaired) electrons. The number of carbonyl (C=O) groups is 1. The first-order valence-electron chi connectivity index (χ1n) is 5.52. The predicted octanol–water partition coefficient (Wildman–Crippen LogP) is 1.90. The van der Waals surface area contributed by atoms with E-state index < -0.39 is 10.8 Å². The van der Waals surface area contributed by atoms with E-state index in [0.717, 1.165) is 0 Å². The molecule has 1 atom stereocenters. The summed E-state index contributed by atoms with van der Waals surface area (Å²) < 4.78 is 12.1. The van der Waals surface area contributed by atoms with Crippen LogP contribution in [0.2, 0.25) is 5.02 Å². The summed E-state index contributed by atoms with van der Waals surface area (Å²) in [4.78, 5) is 13.8. The Morgan fingerprint density at radius 2 is 2.11 bits per heavy atom. The molecule has 0 aliphatic rings. The summed E-state index contributed by atoms with van der Waals surface area (Å²) in [5, 5.41) is 0.456. The number of nitrogens with two attached hydrogens (primary N) is 1. The van der Waals surface area contributed by atoms with Gasteiger partial charge in [0.05, 0.1) is 15.7 Å². The highest BCUT2D eigenvalue weighted by Gasteiger charge is 2.18. The van der Waals surface area contributed by atoms with E-state index in [1.165, 1.54) is 6.07 Å². The molecule has 2 N–H and O–H groups in total. The first-order chi connectivity index (χ1) is 8.32. The zero-order chi connectivity index (χ0) is 13.9. The molecule has 100 valence electrons. The molecule has 1 unspecified atom stereocenters. The van der Waals surface area contributed by atoms with Crippen molar-refractivity contribution >= 4 is 34.0 Å². The molecule has 0 saturated carbocycles. The molecule has 0 aromatic heterocycles. The second-order valence-electron chi connectivity index (χ2n) is 4.27. The van der Waals surface area contributed by atoms with Gasteiger partial charge in [-0.1, -0.05) is 11.6 Å². The summed E-state index contributed by atoms with van der Waals surface area (Å²) in [6.45, 7) is 3.79. The third kappa shape index (κ3) is 3.71. The summed E-state index contributed by atoms with van der Waals surface area (Å²) in [6, 6.07) is 4.83. The van der Waals surface area contributed by atoms with Crippen LogP contribution in [0.4, 0.5) is 5.69 Å². The minimum Gasteiger partial charge on any atom is -0.398 e. The maximum Gasteiger partial charge on any atom is 0.235 e. The topological polar surface area (TPSA) is 63.4 Å². The fraction of sp³-hybridized carbons (Fsp3) is 0.417. The number of halogens is 1. The fourth-order valence-electron chi connectivity index (χ4n) is 1.29. The highest BCUT2D eigenvalue weighted by atomic mass is 35.5. The lowest BCUT2D eigenvalue weighted by molar-refractivity contribution is -0.128. The molecule has 18 heavy (non-hydrogen) atoms. The lowest BCUT2D eigenvalue weighted by atomic mass is 10.3. The van der Waals surface area contributed by atoms with Crippen LogP contribution < -0.4 is 5.73 Å². The number of amides is 1. The molecule has 6 heteroatoms. The summed E-state index contributed by atoms with van der Waals surface area (Å²) in [7, 11) is 0.213. The average molecular weight is 289 g/mol. The van der Waals surface area contributed by atoms with Crippen molar-refractivity contribution in [2.75, 3.05) is 18.5 Å². The second kappa shape index (κ2) is 6.20. The van der Waals surface area contributed by atoms with Gasteiger partial charge in [-0.25, -0.2) is 0 Å². The minimum atomic E-state index is -1.47. The maximum atomic E-state index is 12.1. The van der Waals surface area contributed by atoms with E-state index >= 15 is 0 Å². The van der Waals surface area contributed by atoms with Crippen molar-refractivity contribution in [3.63, 3.8) is 0 Å². The molecule has 1 aromatic carbocycles. The Morgan fingerprint density at radius 3 is 2.67 bits per heavy atom. The SMILES string of the molecule is CC(C)N(C)C(=O)CS(=O)c1cc(Cl)ccc1N. The predicted molar refractivity (Wildman–Crippen MR) is 75.0 cm³/mol. The normalized spacial score (nSPS) is 12.5. The summed E-state index contributed by atoms with van der Waals surface area (Å²) in [5.74, 6) is -0.262. The molecule has 0 aliphatic carbocycles. The third-order valence-electron chi connectivity index (χ3n) is 2.64. The Bertz CT molecular complexity index is 477. The smallest absolute Gasteiger partial charge is 0.235 e. The molecule has 0 heterocycles. The zero-order valence-electron chi connectivity index (χ0n) is 10.6. The van der Waals surface area contributed by atoms with Gasteiger partial charge in [0.2, 0.25) is 5.91 Å². The molecule has 0 fully saturated rings. The lowest BCUT2D eigenvalue weighted by Gasteiger charge is -2.21. The van der Waals surface area contributed by atoms with E-state index in [4.69, 9.17) is 17.3 Å². The number of nitrogen functional groups attached to an aromatic ring is 1. The Hall–Kier alpha value is -1.07. The van der Waals surface area contributed by atoms with Crippen LogP contribution in [0.5, 0.6) is 0 Å². The number of benzene rings is 1. The van der Waals surface area contributed by atoms with E-state index in [-0.39, 0.29) is 17.7 Å². The van der Waals surface area contributed by atoms with Crippen molar-refractivity contribution in [1.82, 2.24) is 4.90 Å². The Balaban J connectivity index is 2.83. The van der Waals surface area contributed by atoms with Gasteiger partial charge in [-0.15, -0.1) is 0 Å². The van der Waals surface area contributed by atoms with Gasteiger partial charge in [0, 0.05) is 23.8 Å². The summed E-state index contributed by atoms with van der Waals surface area (Å²) in [5.41, 5.74) is 6.11. The third-order valence-corrected chi connectivity index (χ3v) is 4.23. The van der Waals surface area contributed by atoms with Crippen LogP contribution in [0, 0.1) is 0 Å². The highest BCUT2D eigenvalue weighted by molar-refractivity contribution is 7.86. The van der Waals surface area contributed by atoms with Gasteiger partial charge in [0.1, 0.15) is 5.75 Å². The zero-order valence-corrected chi connectivity index (χ0v) is 12.2. The van der Waals surface area contributed by atoms with Crippen molar-refractivity contribution in [1.29, 1.82) is 0 Å². The van der Waals surface area contributed by atoms with Crippen LogP contribution in [0.25, 0.3) is 0 Å². The van der Waals surface area contributed by atoms with E-state index in [2.05, 4.69) is 0 Å². The van der Waals surface area contributed by atoms with Gasteiger partial charge in [-0.2, -0.15) is 0 Å². The molecule has 1 rings (SSSR count). The van der Waals surface area contributed by atoms with Crippen LogP contribution in [0.1, 0.15) is 13.8 Å². The van der Waals surface area contributed by atoms with Crippen molar-refractivity contribution in [2.45, 2.75) is 24.8 Å². The van der Waals surface area contributed by atoms with E-state index in [1.54, 1.807) is 24.1 Å². The highest BCUT2D eigenvalue weighted by Crippen LogP contribution is 2.21. The average Bonchev–Trinajstić information content (AvgIpc) is 2.30. The number of hydrogen-bond acceptors (Lipinski definition) is 3. The first-order valence-corrected chi connectivity index (χ1v) is 7.21. The monoisotopic (exact) mass is 288 g/mol. The molecule has 0 saturated heterocycles.